The summed E-state index contributed by atoms with van der Waals surface area (Å²) in [6, 6.07) is 13.5. The summed E-state index contributed by atoms with van der Waals surface area (Å²) in [4.78, 5) is 25.4. The van der Waals surface area contributed by atoms with Crippen LogP contribution in [0, 0.1) is 0 Å². The SMILES string of the molecule is COc1ccc(N2C(=O)CCCC2=O)cc1S(=O)(=O)N(C)Cc1ccccc1. The molecule has 0 atom stereocenters. The van der Waals surface area contributed by atoms with E-state index in [1.807, 2.05) is 30.3 Å². The highest BCUT2D eigenvalue weighted by molar-refractivity contribution is 7.89. The third-order valence-electron chi connectivity index (χ3n) is 4.62. The zero-order valence-electron chi connectivity index (χ0n) is 15.8. The lowest BCUT2D eigenvalue weighted by Crippen LogP contribution is -2.40. The van der Waals surface area contributed by atoms with Crippen LogP contribution in [-0.4, -0.2) is 38.7 Å². The molecule has 0 spiro atoms. The Morgan fingerprint density at radius 3 is 2.29 bits per heavy atom. The minimum Gasteiger partial charge on any atom is -0.495 e. The van der Waals surface area contributed by atoms with Gasteiger partial charge in [-0.05, 0) is 30.2 Å². The largest absolute Gasteiger partial charge is 0.495 e. The number of ether oxygens (including phenoxy) is 1. The molecule has 0 aromatic heterocycles. The van der Waals surface area contributed by atoms with Gasteiger partial charge in [-0.25, -0.2) is 8.42 Å². The van der Waals surface area contributed by atoms with Crippen molar-refractivity contribution in [3.8, 4) is 5.75 Å². The number of anilines is 1. The number of hydrogen-bond donors (Lipinski definition) is 0. The summed E-state index contributed by atoms with van der Waals surface area (Å²) in [5, 5.41) is 0. The Labute approximate surface area is 164 Å². The van der Waals surface area contributed by atoms with Crippen molar-refractivity contribution >= 4 is 27.5 Å². The van der Waals surface area contributed by atoms with E-state index in [0.717, 1.165) is 10.5 Å². The predicted molar refractivity (Wildman–Crippen MR) is 104 cm³/mol. The molecule has 0 bridgehead atoms. The molecule has 3 rings (SSSR count). The zero-order valence-corrected chi connectivity index (χ0v) is 16.6. The van der Waals surface area contributed by atoms with Crippen LogP contribution < -0.4 is 9.64 Å². The van der Waals surface area contributed by atoms with Crippen LogP contribution in [0.25, 0.3) is 0 Å². The topological polar surface area (TPSA) is 84.0 Å². The molecule has 0 saturated carbocycles. The van der Waals surface area contributed by atoms with Gasteiger partial charge in [0.05, 0.1) is 12.8 Å². The molecule has 0 unspecified atom stereocenters. The highest BCUT2D eigenvalue weighted by Crippen LogP contribution is 2.33. The van der Waals surface area contributed by atoms with E-state index in [0.29, 0.717) is 6.42 Å². The standard InChI is InChI=1S/C20H22N2O5S/c1-21(14-15-7-4-3-5-8-15)28(25,26)18-13-16(11-12-17(18)27-2)22-19(23)9-6-10-20(22)24/h3-5,7-8,11-13H,6,9-10,14H2,1-2H3. The van der Waals surface area contributed by atoms with Crippen LogP contribution in [0.15, 0.2) is 53.4 Å². The van der Waals surface area contributed by atoms with Crippen molar-refractivity contribution < 1.29 is 22.7 Å². The van der Waals surface area contributed by atoms with Crippen molar-refractivity contribution in [3.05, 3.63) is 54.1 Å². The normalized spacial score (nSPS) is 15.2. The van der Waals surface area contributed by atoms with Gasteiger partial charge in [0.25, 0.3) is 0 Å². The molecule has 7 nitrogen and oxygen atoms in total. The fourth-order valence-electron chi connectivity index (χ4n) is 3.14. The highest BCUT2D eigenvalue weighted by atomic mass is 32.2. The zero-order chi connectivity index (χ0) is 20.3. The van der Waals surface area contributed by atoms with Gasteiger partial charge in [0.15, 0.2) is 0 Å². The van der Waals surface area contributed by atoms with Gasteiger partial charge in [0, 0.05) is 26.4 Å². The van der Waals surface area contributed by atoms with Crippen LogP contribution in [0.1, 0.15) is 24.8 Å². The second-order valence-electron chi connectivity index (χ2n) is 6.56. The van der Waals surface area contributed by atoms with Gasteiger partial charge in [-0.1, -0.05) is 30.3 Å². The van der Waals surface area contributed by atoms with E-state index in [9.17, 15) is 18.0 Å². The first kappa shape index (κ1) is 20.0. The molecule has 2 aromatic carbocycles. The van der Waals surface area contributed by atoms with Gasteiger partial charge in [-0.15, -0.1) is 0 Å². The maximum atomic E-state index is 13.2. The van der Waals surface area contributed by atoms with Crippen molar-refractivity contribution in [2.24, 2.45) is 0 Å². The molecular weight excluding hydrogens is 380 g/mol. The molecule has 2 amide bonds. The van der Waals surface area contributed by atoms with Gasteiger partial charge in [0.2, 0.25) is 21.8 Å². The molecule has 1 fully saturated rings. The molecule has 0 N–H and O–H groups in total. The Kier molecular flexibility index (Phi) is 5.81. The average molecular weight is 402 g/mol. The van der Waals surface area contributed by atoms with Crippen molar-refractivity contribution in [2.75, 3.05) is 19.1 Å². The number of imide groups is 1. The van der Waals surface area contributed by atoms with E-state index in [1.54, 1.807) is 0 Å². The van der Waals surface area contributed by atoms with E-state index in [-0.39, 0.29) is 47.5 Å². The Morgan fingerprint density at radius 1 is 1.04 bits per heavy atom. The number of rotatable bonds is 6. The van der Waals surface area contributed by atoms with Crippen LogP contribution in [0.5, 0.6) is 5.75 Å². The number of piperidine rings is 1. The molecular formula is C20H22N2O5S. The van der Waals surface area contributed by atoms with E-state index < -0.39 is 10.0 Å². The highest BCUT2D eigenvalue weighted by Gasteiger charge is 2.31. The van der Waals surface area contributed by atoms with Gasteiger partial charge < -0.3 is 4.74 Å². The summed E-state index contributed by atoms with van der Waals surface area (Å²) < 4.78 is 32.8. The number of hydrogen-bond acceptors (Lipinski definition) is 5. The lowest BCUT2D eigenvalue weighted by atomic mass is 10.1. The summed E-state index contributed by atoms with van der Waals surface area (Å²) in [5.41, 5.74) is 1.08. The van der Waals surface area contributed by atoms with Crippen LogP contribution in [0.2, 0.25) is 0 Å². The van der Waals surface area contributed by atoms with Crippen molar-refractivity contribution in [2.45, 2.75) is 30.7 Å². The maximum Gasteiger partial charge on any atom is 0.246 e. The quantitative estimate of drug-likeness (QED) is 0.694. The fourth-order valence-corrected chi connectivity index (χ4v) is 4.47. The number of methoxy groups -OCH3 is 1. The van der Waals surface area contributed by atoms with Crippen molar-refractivity contribution in [3.63, 3.8) is 0 Å². The molecule has 2 aromatic rings. The summed E-state index contributed by atoms with van der Waals surface area (Å²) in [6.45, 7) is 0.179. The summed E-state index contributed by atoms with van der Waals surface area (Å²) >= 11 is 0. The van der Waals surface area contributed by atoms with Crippen molar-refractivity contribution in [1.29, 1.82) is 0 Å². The first-order valence-electron chi connectivity index (χ1n) is 8.88. The molecule has 8 heteroatoms. The van der Waals surface area contributed by atoms with E-state index >= 15 is 0 Å². The summed E-state index contributed by atoms with van der Waals surface area (Å²) in [5.74, 6) is -0.509. The number of nitrogens with zero attached hydrogens (tertiary/aromatic N) is 2. The molecule has 1 aliphatic heterocycles. The third-order valence-corrected chi connectivity index (χ3v) is 6.45. The van der Waals surface area contributed by atoms with Crippen LogP contribution in [0.4, 0.5) is 5.69 Å². The second kappa shape index (κ2) is 8.12. The summed E-state index contributed by atoms with van der Waals surface area (Å²) in [6.07, 6.45) is 1.02. The Balaban J connectivity index is 1.99. The van der Waals surface area contributed by atoms with E-state index in [2.05, 4.69) is 0 Å². The number of amides is 2. The van der Waals surface area contributed by atoms with Gasteiger partial charge in [0.1, 0.15) is 10.6 Å². The lowest BCUT2D eigenvalue weighted by molar-refractivity contribution is -0.129. The average Bonchev–Trinajstić information content (AvgIpc) is 2.68. The first-order chi connectivity index (χ1) is 13.3. The monoisotopic (exact) mass is 402 g/mol. The molecule has 0 radical (unpaired) electrons. The van der Waals surface area contributed by atoms with E-state index in [1.165, 1.54) is 36.7 Å². The first-order valence-corrected chi connectivity index (χ1v) is 10.3. The number of sulfonamides is 1. The fraction of sp³-hybridized carbons (Fsp3) is 0.300. The number of carbonyl (C=O) groups excluding carboxylic acids is 2. The van der Waals surface area contributed by atoms with Crippen molar-refractivity contribution in [1.82, 2.24) is 4.31 Å². The van der Waals surface area contributed by atoms with Gasteiger partial charge in [-0.3, -0.25) is 14.5 Å². The Morgan fingerprint density at radius 2 is 1.68 bits per heavy atom. The van der Waals surface area contributed by atoms with Crippen LogP contribution in [0.3, 0.4) is 0 Å². The Bertz CT molecular complexity index is 973. The maximum absolute atomic E-state index is 13.2. The minimum absolute atomic E-state index is 0.0860. The Hall–Kier alpha value is -2.71. The molecule has 1 saturated heterocycles. The van der Waals surface area contributed by atoms with E-state index in [4.69, 9.17) is 4.74 Å². The number of benzene rings is 2. The predicted octanol–water partition coefficient (Wildman–Crippen LogP) is 2.56. The molecule has 0 aliphatic carbocycles. The van der Waals surface area contributed by atoms with Crippen LogP contribution in [-0.2, 0) is 26.2 Å². The molecule has 28 heavy (non-hydrogen) atoms. The molecule has 1 aliphatic rings. The smallest absolute Gasteiger partial charge is 0.246 e. The third kappa shape index (κ3) is 3.93. The summed E-state index contributed by atoms with van der Waals surface area (Å²) in [7, 11) is -1.06. The lowest BCUT2D eigenvalue weighted by Gasteiger charge is -2.26. The van der Waals surface area contributed by atoms with Gasteiger partial charge in [-0.2, -0.15) is 4.31 Å². The van der Waals surface area contributed by atoms with Gasteiger partial charge >= 0.3 is 0 Å². The van der Waals surface area contributed by atoms with Crippen LogP contribution >= 0.6 is 0 Å². The molecule has 148 valence electrons. The minimum atomic E-state index is -3.92. The number of carbonyl (C=O) groups is 2. The second-order valence-corrected chi connectivity index (χ2v) is 8.57. The molecule has 1 heterocycles.